The first-order chi connectivity index (χ1) is 4.29. The van der Waals surface area contributed by atoms with Crippen molar-refractivity contribution in [2.24, 2.45) is 0 Å². The number of hydrogen-bond donors (Lipinski definition) is 0. The van der Waals surface area contributed by atoms with E-state index in [4.69, 9.17) is 0 Å². The van der Waals surface area contributed by atoms with Crippen LogP contribution in [0.1, 0.15) is 39.0 Å². The Morgan fingerprint density at radius 3 is 3.00 bits per heavy atom. The summed E-state index contributed by atoms with van der Waals surface area (Å²) < 4.78 is 0. The SMILES string of the molecule is CC12BC(CCCC1)C2. The van der Waals surface area contributed by atoms with Crippen LogP contribution < -0.4 is 0 Å². The summed E-state index contributed by atoms with van der Waals surface area (Å²) in [7, 11) is 1.55. The summed E-state index contributed by atoms with van der Waals surface area (Å²) in [5.74, 6) is 1.14. The second-order valence-electron chi connectivity index (χ2n) is 4.33. The fraction of sp³-hybridized carbons (Fsp3) is 1.00. The predicted molar refractivity (Wildman–Crippen MR) is 42.4 cm³/mol. The second kappa shape index (κ2) is 1.77. The Morgan fingerprint density at radius 1 is 1.44 bits per heavy atom. The third-order valence-electron chi connectivity index (χ3n) is 3.21. The molecule has 2 atom stereocenters. The van der Waals surface area contributed by atoms with E-state index in [2.05, 4.69) is 6.92 Å². The molecule has 2 bridgehead atoms. The van der Waals surface area contributed by atoms with E-state index in [1.807, 2.05) is 0 Å². The van der Waals surface area contributed by atoms with Gasteiger partial charge >= 0.3 is 0 Å². The van der Waals surface area contributed by atoms with Crippen molar-refractivity contribution in [3.63, 3.8) is 0 Å². The zero-order chi connectivity index (χ0) is 6.32. The first-order valence-electron chi connectivity index (χ1n) is 4.29. The van der Waals surface area contributed by atoms with Crippen LogP contribution in [0, 0.1) is 0 Å². The van der Waals surface area contributed by atoms with E-state index in [1.54, 1.807) is 13.7 Å². The molecule has 2 aliphatic heterocycles. The summed E-state index contributed by atoms with van der Waals surface area (Å²) >= 11 is 0. The second-order valence-corrected chi connectivity index (χ2v) is 4.33. The molecule has 0 nitrogen and oxygen atoms in total. The molecule has 2 unspecified atom stereocenters. The molecule has 3 aliphatic rings. The van der Waals surface area contributed by atoms with E-state index in [9.17, 15) is 0 Å². The van der Waals surface area contributed by atoms with Crippen molar-refractivity contribution in [3.05, 3.63) is 0 Å². The Balaban J connectivity index is 2.03. The highest BCUT2D eigenvalue weighted by molar-refractivity contribution is 6.46. The van der Waals surface area contributed by atoms with Crippen LogP contribution in [-0.2, 0) is 0 Å². The summed E-state index contributed by atoms with van der Waals surface area (Å²) in [6, 6.07) is 0. The Bertz CT molecular complexity index is 108. The first-order valence-corrected chi connectivity index (χ1v) is 4.29. The maximum Gasteiger partial charge on any atom is 0.131 e. The average molecular weight is 122 g/mol. The third-order valence-corrected chi connectivity index (χ3v) is 3.21. The third kappa shape index (κ3) is 0.909. The summed E-state index contributed by atoms with van der Waals surface area (Å²) in [5, 5.41) is 0.807. The Labute approximate surface area is 58.3 Å². The van der Waals surface area contributed by atoms with Crippen LogP contribution in [0.4, 0.5) is 0 Å². The van der Waals surface area contributed by atoms with Gasteiger partial charge in [-0.05, 0) is 0 Å². The largest absolute Gasteiger partial charge is 0.131 e. The van der Waals surface area contributed by atoms with Gasteiger partial charge in [0.15, 0.2) is 0 Å². The number of fused-ring (bicyclic) bond motifs is 3. The standard InChI is InChI=1S/C8H15B/c1-8-5-3-2-4-7(6-8)9-8/h7,9H,2-6H2,1H3. The van der Waals surface area contributed by atoms with Gasteiger partial charge in [-0.1, -0.05) is 50.2 Å². The van der Waals surface area contributed by atoms with Crippen molar-refractivity contribution >= 4 is 7.28 Å². The molecule has 2 heterocycles. The molecule has 0 spiro atoms. The Morgan fingerprint density at radius 2 is 2.22 bits per heavy atom. The number of hydrogen-bond acceptors (Lipinski definition) is 0. The van der Waals surface area contributed by atoms with Crippen LogP contribution in [0.15, 0.2) is 0 Å². The van der Waals surface area contributed by atoms with Gasteiger partial charge in [-0.2, -0.15) is 0 Å². The van der Waals surface area contributed by atoms with Crippen LogP contribution in [0.2, 0.25) is 11.1 Å². The van der Waals surface area contributed by atoms with Crippen LogP contribution >= 0.6 is 0 Å². The topological polar surface area (TPSA) is 0 Å². The Kier molecular flexibility index (Phi) is 1.15. The average Bonchev–Trinajstić information content (AvgIpc) is 1.95. The van der Waals surface area contributed by atoms with E-state index in [0.29, 0.717) is 0 Å². The predicted octanol–water partition coefficient (Wildman–Crippen LogP) is 2.37. The monoisotopic (exact) mass is 122 g/mol. The van der Waals surface area contributed by atoms with E-state index < -0.39 is 0 Å². The molecule has 50 valence electrons. The van der Waals surface area contributed by atoms with Gasteiger partial charge in [0, 0.05) is 0 Å². The van der Waals surface area contributed by atoms with E-state index in [0.717, 1.165) is 11.1 Å². The normalized spacial score (nSPS) is 48.8. The van der Waals surface area contributed by atoms with E-state index >= 15 is 0 Å². The lowest BCUT2D eigenvalue weighted by atomic mass is 9.32. The minimum absolute atomic E-state index is 0.807. The minimum atomic E-state index is 0.807. The van der Waals surface area contributed by atoms with Crippen LogP contribution in [0.3, 0.4) is 0 Å². The fourth-order valence-electron chi connectivity index (χ4n) is 2.73. The molecule has 1 aliphatic carbocycles. The molecule has 3 rings (SSSR count). The van der Waals surface area contributed by atoms with Crippen LogP contribution in [0.5, 0.6) is 0 Å². The molecule has 1 saturated carbocycles. The lowest BCUT2D eigenvalue weighted by Crippen LogP contribution is -2.32. The number of rotatable bonds is 0. The molecule has 0 radical (unpaired) electrons. The van der Waals surface area contributed by atoms with Gasteiger partial charge in [-0.25, -0.2) is 0 Å². The van der Waals surface area contributed by atoms with Crippen LogP contribution in [-0.4, -0.2) is 7.28 Å². The molecule has 1 heteroatoms. The molecule has 0 aromatic rings. The molecule has 0 N–H and O–H groups in total. The minimum Gasteiger partial charge on any atom is -0.0666 e. The van der Waals surface area contributed by atoms with Crippen molar-refractivity contribution in [1.82, 2.24) is 0 Å². The van der Waals surface area contributed by atoms with Crippen molar-refractivity contribution < 1.29 is 0 Å². The van der Waals surface area contributed by atoms with Gasteiger partial charge in [-0.15, -0.1) is 0 Å². The molecular weight excluding hydrogens is 107 g/mol. The van der Waals surface area contributed by atoms with Gasteiger partial charge in [0.2, 0.25) is 0 Å². The molecular formula is C8H15B. The van der Waals surface area contributed by atoms with Crippen LogP contribution in [0.25, 0.3) is 0 Å². The molecule has 0 aromatic heterocycles. The van der Waals surface area contributed by atoms with E-state index in [-0.39, 0.29) is 0 Å². The summed E-state index contributed by atoms with van der Waals surface area (Å²) in [4.78, 5) is 0. The van der Waals surface area contributed by atoms with Gasteiger partial charge < -0.3 is 0 Å². The van der Waals surface area contributed by atoms with Gasteiger partial charge in [0.05, 0.1) is 0 Å². The van der Waals surface area contributed by atoms with E-state index in [1.165, 1.54) is 25.7 Å². The van der Waals surface area contributed by atoms with Crippen molar-refractivity contribution in [1.29, 1.82) is 0 Å². The zero-order valence-electron chi connectivity index (χ0n) is 6.32. The lowest BCUT2D eigenvalue weighted by molar-refractivity contribution is 0.458. The lowest BCUT2D eigenvalue weighted by Gasteiger charge is -2.42. The maximum absolute atomic E-state index is 2.47. The smallest absolute Gasteiger partial charge is 0.0666 e. The highest BCUT2D eigenvalue weighted by atomic mass is 14.3. The van der Waals surface area contributed by atoms with Gasteiger partial charge in [0.1, 0.15) is 7.28 Å². The molecule has 0 amide bonds. The zero-order valence-corrected chi connectivity index (χ0v) is 6.32. The summed E-state index contributed by atoms with van der Waals surface area (Å²) in [5.41, 5.74) is 0. The van der Waals surface area contributed by atoms with Crippen molar-refractivity contribution in [3.8, 4) is 0 Å². The fourth-order valence-corrected chi connectivity index (χ4v) is 2.73. The highest BCUT2D eigenvalue weighted by Gasteiger charge is 2.42. The first kappa shape index (κ1) is 5.82. The Hall–Kier alpha value is 0.0649. The molecule has 2 saturated heterocycles. The van der Waals surface area contributed by atoms with Crippen molar-refractivity contribution in [2.75, 3.05) is 0 Å². The summed E-state index contributed by atoms with van der Waals surface area (Å²) in [6.45, 7) is 2.47. The summed E-state index contributed by atoms with van der Waals surface area (Å²) in [6.07, 6.45) is 7.62. The molecule has 3 fully saturated rings. The van der Waals surface area contributed by atoms with Gasteiger partial charge in [0.25, 0.3) is 0 Å². The van der Waals surface area contributed by atoms with Gasteiger partial charge in [-0.3, -0.25) is 0 Å². The molecule has 0 aromatic carbocycles. The molecule has 9 heavy (non-hydrogen) atoms. The maximum atomic E-state index is 2.47. The highest BCUT2D eigenvalue weighted by Crippen LogP contribution is 2.56. The van der Waals surface area contributed by atoms with Crippen molar-refractivity contribution in [2.45, 2.75) is 50.2 Å². The quantitative estimate of drug-likeness (QED) is 0.432.